The van der Waals surface area contributed by atoms with Crippen molar-refractivity contribution in [2.75, 3.05) is 6.54 Å². The van der Waals surface area contributed by atoms with E-state index in [4.69, 9.17) is 5.73 Å². The normalized spacial score (nSPS) is 17.3. The molecule has 0 heterocycles. The second-order valence-electron chi connectivity index (χ2n) is 5.76. The van der Waals surface area contributed by atoms with Gasteiger partial charge in [0.05, 0.1) is 6.04 Å². The minimum atomic E-state index is -0.375. The molecule has 0 bridgehead atoms. The van der Waals surface area contributed by atoms with Crippen molar-refractivity contribution in [2.24, 2.45) is 5.73 Å². The highest BCUT2D eigenvalue weighted by atomic mass is 79.9. The van der Waals surface area contributed by atoms with E-state index in [0.717, 1.165) is 30.2 Å². The predicted octanol–water partition coefficient (Wildman–Crippen LogP) is 3.54. The van der Waals surface area contributed by atoms with Crippen molar-refractivity contribution < 1.29 is 4.79 Å². The minimum Gasteiger partial charge on any atom is -0.354 e. The standard InChI is InChI=1S/C16H23BrN2O.ClH/c1-2-5-14(18)15(20)19-11-16(8-4-9-16)12-6-3-7-13(17)10-12;/h3,6-7,10,14H,2,4-5,8-9,11,18H2,1H3,(H,19,20);1H. The molecule has 3 nitrogen and oxygen atoms in total. The Morgan fingerprint density at radius 2 is 2.19 bits per heavy atom. The van der Waals surface area contributed by atoms with Crippen molar-refractivity contribution >= 4 is 34.2 Å². The van der Waals surface area contributed by atoms with Gasteiger partial charge in [0.25, 0.3) is 0 Å². The van der Waals surface area contributed by atoms with E-state index in [1.165, 1.54) is 12.0 Å². The Bertz CT molecular complexity index is 477. The summed E-state index contributed by atoms with van der Waals surface area (Å²) in [5, 5.41) is 3.05. The van der Waals surface area contributed by atoms with Crippen LogP contribution in [0.3, 0.4) is 0 Å². The van der Waals surface area contributed by atoms with Gasteiger partial charge in [0.15, 0.2) is 0 Å². The number of rotatable bonds is 6. The van der Waals surface area contributed by atoms with Crippen LogP contribution in [-0.2, 0) is 10.2 Å². The van der Waals surface area contributed by atoms with Gasteiger partial charge >= 0.3 is 0 Å². The zero-order valence-electron chi connectivity index (χ0n) is 12.4. The number of benzene rings is 1. The van der Waals surface area contributed by atoms with Gasteiger partial charge in [0.2, 0.25) is 5.91 Å². The van der Waals surface area contributed by atoms with Crippen molar-refractivity contribution in [3.8, 4) is 0 Å². The van der Waals surface area contributed by atoms with Crippen LogP contribution in [0.15, 0.2) is 28.7 Å². The lowest BCUT2D eigenvalue weighted by Gasteiger charge is -2.43. The maximum atomic E-state index is 12.0. The lowest BCUT2D eigenvalue weighted by molar-refractivity contribution is -0.123. The Labute approximate surface area is 141 Å². The first-order chi connectivity index (χ1) is 9.57. The van der Waals surface area contributed by atoms with Gasteiger partial charge in [-0.2, -0.15) is 0 Å². The predicted molar refractivity (Wildman–Crippen MR) is 92.8 cm³/mol. The SMILES string of the molecule is CCCC(N)C(=O)NCC1(c2cccc(Br)c2)CCC1.Cl. The summed E-state index contributed by atoms with van der Waals surface area (Å²) in [5.74, 6) is -0.0203. The molecule has 0 aromatic heterocycles. The van der Waals surface area contributed by atoms with Gasteiger partial charge in [0.1, 0.15) is 0 Å². The van der Waals surface area contributed by atoms with Crippen LogP contribution in [0.4, 0.5) is 0 Å². The number of nitrogens with two attached hydrogens (primary N) is 1. The van der Waals surface area contributed by atoms with Gasteiger partial charge in [-0.3, -0.25) is 4.79 Å². The summed E-state index contributed by atoms with van der Waals surface area (Å²) in [7, 11) is 0. The lowest BCUT2D eigenvalue weighted by Crippen LogP contribution is -2.49. The molecule has 1 saturated carbocycles. The molecule has 1 aliphatic carbocycles. The summed E-state index contributed by atoms with van der Waals surface area (Å²) in [4.78, 5) is 12.0. The zero-order valence-corrected chi connectivity index (χ0v) is 14.8. The van der Waals surface area contributed by atoms with E-state index in [1.807, 2.05) is 13.0 Å². The van der Waals surface area contributed by atoms with Gasteiger partial charge in [-0.15, -0.1) is 12.4 Å². The van der Waals surface area contributed by atoms with Gasteiger partial charge in [-0.1, -0.05) is 47.8 Å². The highest BCUT2D eigenvalue weighted by Gasteiger charge is 2.39. The van der Waals surface area contributed by atoms with Crippen molar-refractivity contribution in [3.63, 3.8) is 0 Å². The van der Waals surface area contributed by atoms with Crippen LogP contribution in [0.5, 0.6) is 0 Å². The quantitative estimate of drug-likeness (QED) is 0.799. The third-order valence-corrected chi connectivity index (χ3v) is 4.78. The zero-order chi connectivity index (χ0) is 14.6. The van der Waals surface area contributed by atoms with Crippen molar-refractivity contribution in [3.05, 3.63) is 34.3 Å². The summed E-state index contributed by atoms with van der Waals surface area (Å²) in [5.41, 5.74) is 7.27. The van der Waals surface area contributed by atoms with E-state index in [9.17, 15) is 4.79 Å². The van der Waals surface area contributed by atoms with E-state index >= 15 is 0 Å². The highest BCUT2D eigenvalue weighted by Crippen LogP contribution is 2.43. The molecule has 0 spiro atoms. The molecule has 1 unspecified atom stereocenters. The van der Waals surface area contributed by atoms with E-state index in [1.54, 1.807) is 0 Å². The molecule has 1 fully saturated rings. The van der Waals surface area contributed by atoms with Gasteiger partial charge in [-0.25, -0.2) is 0 Å². The summed E-state index contributed by atoms with van der Waals surface area (Å²) in [6, 6.07) is 8.04. The number of hydrogen-bond donors (Lipinski definition) is 2. The van der Waals surface area contributed by atoms with E-state index in [-0.39, 0.29) is 29.8 Å². The number of halogens is 2. The molecule has 0 saturated heterocycles. The van der Waals surface area contributed by atoms with E-state index < -0.39 is 0 Å². The molecule has 118 valence electrons. The van der Waals surface area contributed by atoms with Gasteiger partial charge in [0, 0.05) is 16.4 Å². The molecule has 5 heteroatoms. The van der Waals surface area contributed by atoms with Crippen LogP contribution in [0.1, 0.15) is 44.6 Å². The first kappa shape index (κ1) is 18.5. The average Bonchev–Trinajstić information content (AvgIpc) is 2.37. The first-order valence-corrected chi connectivity index (χ1v) is 8.16. The van der Waals surface area contributed by atoms with Crippen molar-refractivity contribution in [2.45, 2.75) is 50.5 Å². The second kappa shape index (κ2) is 8.16. The Morgan fingerprint density at radius 3 is 2.71 bits per heavy atom. The molecule has 1 atom stereocenters. The van der Waals surface area contributed by atoms with Crippen LogP contribution >= 0.6 is 28.3 Å². The Hall–Kier alpha value is -0.580. The van der Waals surface area contributed by atoms with Crippen LogP contribution in [0, 0.1) is 0 Å². The summed E-state index contributed by atoms with van der Waals surface area (Å²) < 4.78 is 1.09. The Balaban J connectivity index is 0.00000220. The second-order valence-corrected chi connectivity index (χ2v) is 6.67. The minimum absolute atomic E-state index is 0. The topological polar surface area (TPSA) is 55.1 Å². The molecule has 3 N–H and O–H groups in total. The number of carbonyl (C=O) groups excluding carboxylic acids is 1. The summed E-state index contributed by atoms with van der Waals surface area (Å²) >= 11 is 3.52. The molecule has 2 rings (SSSR count). The number of hydrogen-bond acceptors (Lipinski definition) is 2. The molecule has 21 heavy (non-hydrogen) atoms. The highest BCUT2D eigenvalue weighted by molar-refractivity contribution is 9.10. The first-order valence-electron chi connectivity index (χ1n) is 7.37. The number of nitrogens with one attached hydrogen (secondary N) is 1. The lowest BCUT2D eigenvalue weighted by atomic mass is 9.64. The van der Waals surface area contributed by atoms with Crippen molar-refractivity contribution in [1.82, 2.24) is 5.32 Å². The Kier molecular flexibility index (Phi) is 7.17. The smallest absolute Gasteiger partial charge is 0.236 e. The van der Waals surface area contributed by atoms with Crippen LogP contribution in [-0.4, -0.2) is 18.5 Å². The maximum absolute atomic E-state index is 12.0. The molecule has 1 aromatic carbocycles. The largest absolute Gasteiger partial charge is 0.354 e. The molecular formula is C16H24BrClN2O. The van der Waals surface area contributed by atoms with Crippen LogP contribution < -0.4 is 11.1 Å². The molecule has 0 radical (unpaired) electrons. The fraction of sp³-hybridized carbons (Fsp3) is 0.562. The molecule has 1 amide bonds. The maximum Gasteiger partial charge on any atom is 0.236 e. The van der Waals surface area contributed by atoms with E-state index in [2.05, 4.69) is 39.4 Å². The molecule has 1 aromatic rings. The fourth-order valence-electron chi connectivity index (χ4n) is 2.82. The average molecular weight is 376 g/mol. The summed E-state index contributed by atoms with van der Waals surface area (Å²) in [6.45, 7) is 2.74. The molecule has 1 aliphatic rings. The van der Waals surface area contributed by atoms with Gasteiger partial charge < -0.3 is 11.1 Å². The van der Waals surface area contributed by atoms with Crippen LogP contribution in [0.2, 0.25) is 0 Å². The molecular weight excluding hydrogens is 352 g/mol. The van der Waals surface area contributed by atoms with E-state index in [0.29, 0.717) is 6.54 Å². The third kappa shape index (κ3) is 4.44. The Morgan fingerprint density at radius 1 is 1.48 bits per heavy atom. The molecule has 0 aliphatic heterocycles. The summed E-state index contributed by atoms with van der Waals surface area (Å²) in [6.07, 6.45) is 5.17. The monoisotopic (exact) mass is 374 g/mol. The number of amides is 1. The number of carbonyl (C=O) groups is 1. The third-order valence-electron chi connectivity index (χ3n) is 4.29. The van der Waals surface area contributed by atoms with Crippen molar-refractivity contribution in [1.29, 1.82) is 0 Å². The van der Waals surface area contributed by atoms with Crippen LogP contribution in [0.25, 0.3) is 0 Å². The van der Waals surface area contributed by atoms with Gasteiger partial charge in [-0.05, 0) is 37.0 Å². The fourth-order valence-corrected chi connectivity index (χ4v) is 3.22.